The third-order valence-corrected chi connectivity index (χ3v) is 9.93. The number of hydrazine groups is 1. The number of rotatable bonds is 7. The smallest absolute Gasteiger partial charge is 0.265 e. The molecule has 0 aromatic heterocycles. The van der Waals surface area contributed by atoms with Gasteiger partial charge >= 0.3 is 0 Å². The molecule has 1 amide bonds. The summed E-state index contributed by atoms with van der Waals surface area (Å²) in [5.41, 5.74) is 6.49. The van der Waals surface area contributed by atoms with Gasteiger partial charge in [0.05, 0.1) is 6.04 Å². The van der Waals surface area contributed by atoms with Crippen molar-refractivity contribution in [3.05, 3.63) is 77.9 Å². The van der Waals surface area contributed by atoms with Crippen molar-refractivity contribution in [2.45, 2.75) is 68.7 Å². The Morgan fingerprint density at radius 2 is 1.89 bits per heavy atom. The number of nitrogens with one attached hydrogen (secondary N) is 1. The summed E-state index contributed by atoms with van der Waals surface area (Å²) < 4.78 is 0. The number of fused-ring (bicyclic) bond motifs is 3. The maximum atomic E-state index is 12.8. The first-order valence-corrected chi connectivity index (χ1v) is 13.7. The van der Waals surface area contributed by atoms with Gasteiger partial charge in [0.15, 0.2) is 0 Å². The second-order valence-corrected chi connectivity index (χ2v) is 11.5. The van der Waals surface area contributed by atoms with E-state index in [1.807, 2.05) is 29.3 Å². The van der Waals surface area contributed by atoms with E-state index < -0.39 is 0 Å². The van der Waals surface area contributed by atoms with E-state index in [1.54, 1.807) is 6.07 Å². The minimum Gasteiger partial charge on any atom is -0.508 e. The van der Waals surface area contributed by atoms with Gasteiger partial charge in [-0.3, -0.25) is 20.0 Å². The van der Waals surface area contributed by atoms with Gasteiger partial charge in [-0.15, -0.1) is 6.58 Å². The van der Waals surface area contributed by atoms with Gasteiger partial charge < -0.3 is 5.11 Å². The van der Waals surface area contributed by atoms with Crippen LogP contribution < -0.4 is 5.43 Å². The van der Waals surface area contributed by atoms with Gasteiger partial charge in [0.2, 0.25) is 0 Å². The molecule has 36 heavy (non-hydrogen) atoms. The van der Waals surface area contributed by atoms with Crippen LogP contribution in [-0.4, -0.2) is 69.6 Å². The molecule has 5 fully saturated rings. The van der Waals surface area contributed by atoms with Crippen molar-refractivity contribution in [3.63, 3.8) is 0 Å². The maximum absolute atomic E-state index is 12.8. The van der Waals surface area contributed by atoms with Gasteiger partial charge in [-0.05, 0) is 73.9 Å². The summed E-state index contributed by atoms with van der Waals surface area (Å²) in [4.78, 5) is 18.3. The van der Waals surface area contributed by atoms with E-state index in [1.165, 1.54) is 31.2 Å². The summed E-state index contributed by atoms with van der Waals surface area (Å²) in [6.45, 7) is 6.87. The van der Waals surface area contributed by atoms with Crippen LogP contribution in [0.2, 0.25) is 0 Å². The molecule has 5 aliphatic rings. The first-order valence-electron chi connectivity index (χ1n) is 13.7. The summed E-state index contributed by atoms with van der Waals surface area (Å²) >= 11 is 0. The van der Waals surface area contributed by atoms with Gasteiger partial charge in [-0.2, -0.15) is 0 Å². The average Bonchev–Trinajstić information content (AvgIpc) is 3.59. The Morgan fingerprint density at radius 3 is 2.58 bits per heavy atom. The number of phenolic OH excluding ortho intramolecular Hbond substituents is 1. The van der Waals surface area contributed by atoms with Crippen molar-refractivity contribution in [1.82, 2.24) is 20.2 Å². The summed E-state index contributed by atoms with van der Waals surface area (Å²) in [5.74, 6) is 0.271. The lowest BCUT2D eigenvalue weighted by Crippen LogP contribution is -2.80. The van der Waals surface area contributed by atoms with Crippen LogP contribution >= 0.6 is 0 Å². The molecule has 1 spiro atoms. The van der Waals surface area contributed by atoms with Crippen LogP contribution in [0.4, 0.5) is 0 Å². The molecular formula is C30H36N4O2. The van der Waals surface area contributed by atoms with Gasteiger partial charge in [-0.1, -0.05) is 30.3 Å². The maximum Gasteiger partial charge on any atom is 0.265 e. The summed E-state index contributed by atoms with van der Waals surface area (Å²) in [6, 6.07) is 18.4. The molecule has 4 aliphatic heterocycles. The van der Waals surface area contributed by atoms with Crippen LogP contribution in [0.1, 0.15) is 66.1 Å². The van der Waals surface area contributed by atoms with E-state index in [0.717, 1.165) is 38.0 Å². The van der Waals surface area contributed by atoms with Crippen LogP contribution in [0.3, 0.4) is 0 Å². The van der Waals surface area contributed by atoms with E-state index in [-0.39, 0.29) is 11.9 Å². The van der Waals surface area contributed by atoms with E-state index in [9.17, 15) is 9.90 Å². The van der Waals surface area contributed by atoms with Crippen molar-refractivity contribution in [1.29, 1.82) is 0 Å². The molecule has 4 saturated heterocycles. The van der Waals surface area contributed by atoms with Crippen LogP contribution in [0.15, 0.2) is 61.2 Å². The molecule has 7 rings (SSSR count). The predicted octanol–water partition coefficient (Wildman–Crippen LogP) is 4.09. The normalized spacial score (nSPS) is 33.9. The highest BCUT2D eigenvalue weighted by molar-refractivity contribution is 5.93. The number of benzene rings is 2. The molecule has 2 aromatic carbocycles. The second kappa shape index (κ2) is 8.44. The molecule has 0 radical (unpaired) electrons. The minimum atomic E-state index is -0.0347. The number of hydrogen-bond acceptors (Lipinski definition) is 5. The molecule has 6 heteroatoms. The highest BCUT2D eigenvalue weighted by atomic mass is 16.3. The zero-order valence-electron chi connectivity index (χ0n) is 20.9. The highest BCUT2D eigenvalue weighted by Crippen LogP contribution is 2.71. The van der Waals surface area contributed by atoms with Crippen LogP contribution in [0.25, 0.3) is 0 Å². The monoisotopic (exact) mass is 484 g/mol. The van der Waals surface area contributed by atoms with E-state index >= 15 is 0 Å². The molecule has 2 N–H and O–H groups in total. The number of carbonyl (C=O) groups is 1. The van der Waals surface area contributed by atoms with Crippen LogP contribution in [-0.2, 0) is 0 Å². The number of amides is 1. The third-order valence-electron chi connectivity index (χ3n) is 9.93. The van der Waals surface area contributed by atoms with Crippen molar-refractivity contribution in [2.24, 2.45) is 5.41 Å². The number of hydrogen-bond donors (Lipinski definition) is 2. The van der Waals surface area contributed by atoms with Gasteiger partial charge in [-0.25, -0.2) is 5.01 Å². The molecule has 1 saturated carbocycles. The molecule has 6 unspecified atom stereocenters. The molecular weight excluding hydrogens is 448 g/mol. The quantitative estimate of drug-likeness (QED) is 0.580. The number of likely N-dealkylation sites (tertiary alicyclic amines) is 1. The van der Waals surface area contributed by atoms with E-state index in [4.69, 9.17) is 0 Å². The van der Waals surface area contributed by atoms with Crippen molar-refractivity contribution < 1.29 is 9.90 Å². The minimum absolute atomic E-state index is 0.0347. The predicted molar refractivity (Wildman–Crippen MR) is 139 cm³/mol. The highest BCUT2D eigenvalue weighted by Gasteiger charge is 2.78. The third kappa shape index (κ3) is 3.11. The van der Waals surface area contributed by atoms with Crippen LogP contribution in [0.5, 0.6) is 5.75 Å². The largest absolute Gasteiger partial charge is 0.508 e. The standard InChI is InChI=1S/C30H36N4O2/c1-2-16-33-24-12-13-25(33)30-15-14-26(30)34(28(24)30)27(22-6-5-7-23(35)19-22)20-8-10-21(11-9-20)29(36)31-32-17-3-4-18-32/h2,5-11,19,24-28,35H,1,3-4,12-18H2,(H,31,36). The molecule has 6 atom stereocenters. The summed E-state index contributed by atoms with van der Waals surface area (Å²) in [7, 11) is 0. The Balaban J connectivity index is 1.22. The van der Waals surface area contributed by atoms with E-state index in [0.29, 0.717) is 40.9 Å². The molecule has 2 bridgehead atoms. The number of nitrogens with zero attached hydrogens (tertiary/aromatic N) is 3. The zero-order chi connectivity index (χ0) is 24.4. The van der Waals surface area contributed by atoms with E-state index in [2.05, 4.69) is 46.1 Å². The molecule has 188 valence electrons. The number of carbonyl (C=O) groups excluding carboxylic acids is 1. The molecule has 1 aliphatic carbocycles. The number of piperidine rings is 1. The fourth-order valence-electron chi connectivity index (χ4n) is 8.56. The fraction of sp³-hybridized carbons (Fsp3) is 0.500. The van der Waals surface area contributed by atoms with Crippen molar-refractivity contribution in [3.8, 4) is 5.75 Å². The first-order chi connectivity index (χ1) is 17.6. The number of aromatic hydroxyl groups is 1. The Labute approximate surface area is 213 Å². The molecule has 6 nitrogen and oxygen atoms in total. The molecule has 2 aromatic rings. The lowest BCUT2D eigenvalue weighted by Gasteiger charge is -2.73. The van der Waals surface area contributed by atoms with Gasteiger partial charge in [0.25, 0.3) is 5.91 Å². The lowest BCUT2D eigenvalue weighted by molar-refractivity contribution is -0.222. The zero-order valence-corrected chi connectivity index (χ0v) is 20.9. The van der Waals surface area contributed by atoms with Crippen molar-refractivity contribution in [2.75, 3.05) is 19.6 Å². The lowest BCUT2D eigenvalue weighted by atomic mass is 9.47. The Morgan fingerprint density at radius 1 is 1.08 bits per heavy atom. The summed E-state index contributed by atoms with van der Waals surface area (Å²) in [6.07, 6.45) is 9.49. The SMILES string of the molecule is C=CCN1C2CCC1C13CCC1N(C(c1ccc(C(=O)NN4CCCC4)cc1)c1cccc(O)c1)C23. The van der Waals surface area contributed by atoms with Gasteiger partial charge in [0, 0.05) is 54.8 Å². The summed E-state index contributed by atoms with van der Waals surface area (Å²) in [5, 5.41) is 12.4. The van der Waals surface area contributed by atoms with Crippen molar-refractivity contribution >= 4 is 5.91 Å². The Bertz CT molecular complexity index is 1180. The first kappa shape index (κ1) is 22.5. The van der Waals surface area contributed by atoms with Gasteiger partial charge in [0.1, 0.15) is 5.75 Å². The molecule has 4 heterocycles. The topological polar surface area (TPSA) is 59.0 Å². The Kier molecular flexibility index (Phi) is 5.28. The number of phenols is 1. The Hall–Kier alpha value is -2.67. The second-order valence-electron chi connectivity index (χ2n) is 11.5. The average molecular weight is 485 g/mol. The van der Waals surface area contributed by atoms with Crippen LogP contribution in [0, 0.1) is 5.41 Å². The fourth-order valence-corrected chi connectivity index (χ4v) is 8.56.